The molecule has 1 aliphatic rings. The fraction of sp³-hybridized carbons (Fsp3) is 0.368. The molecule has 126 valence electrons. The summed E-state index contributed by atoms with van der Waals surface area (Å²) in [5, 5.41) is 5.01. The highest BCUT2D eigenvalue weighted by molar-refractivity contribution is 7.09. The van der Waals surface area contributed by atoms with E-state index in [2.05, 4.69) is 11.4 Å². The van der Waals surface area contributed by atoms with Crippen molar-refractivity contribution in [3.8, 4) is 0 Å². The summed E-state index contributed by atoms with van der Waals surface area (Å²) in [4.78, 5) is 27.7. The lowest BCUT2D eigenvalue weighted by Crippen LogP contribution is -2.34. The van der Waals surface area contributed by atoms with Crippen molar-refractivity contribution in [3.05, 3.63) is 51.7 Å². The molecule has 0 radical (unpaired) electrons. The number of amides is 2. The Balaban J connectivity index is 1.59. The summed E-state index contributed by atoms with van der Waals surface area (Å²) in [6.45, 7) is 5.14. The van der Waals surface area contributed by atoms with Crippen molar-refractivity contribution in [1.82, 2.24) is 5.32 Å². The van der Waals surface area contributed by atoms with Crippen molar-refractivity contribution < 1.29 is 9.59 Å². The molecule has 1 saturated heterocycles. The molecule has 2 amide bonds. The van der Waals surface area contributed by atoms with Gasteiger partial charge >= 0.3 is 0 Å². The quantitative estimate of drug-likeness (QED) is 0.908. The summed E-state index contributed by atoms with van der Waals surface area (Å²) >= 11 is 1.69. The molecule has 1 aliphatic heterocycles. The maximum atomic E-state index is 12.4. The number of aryl methyl sites for hydroxylation is 1. The molecule has 1 aromatic carbocycles. The van der Waals surface area contributed by atoms with E-state index in [9.17, 15) is 9.59 Å². The third kappa shape index (κ3) is 3.51. The average Bonchev–Trinajstić information content (AvgIpc) is 3.20. The molecular formula is C19H22N2O2S. The maximum absolute atomic E-state index is 12.4. The SMILES string of the molecule is Cc1cccc(N2CC(C(=O)NCCc3cccs3)CC2=O)c1C. The molecule has 0 bridgehead atoms. The van der Waals surface area contributed by atoms with Gasteiger partial charge in [0.05, 0.1) is 5.92 Å². The molecule has 24 heavy (non-hydrogen) atoms. The highest BCUT2D eigenvalue weighted by Gasteiger charge is 2.35. The standard InChI is InChI=1S/C19H22N2O2S/c1-13-5-3-7-17(14(13)2)21-12-15(11-18(21)22)19(23)20-9-8-16-6-4-10-24-16/h3-7,10,15H,8-9,11-12H2,1-2H3,(H,20,23). The fourth-order valence-corrected chi connectivity index (χ4v) is 3.76. The van der Waals surface area contributed by atoms with E-state index >= 15 is 0 Å². The molecule has 0 spiro atoms. The smallest absolute Gasteiger partial charge is 0.227 e. The highest BCUT2D eigenvalue weighted by Crippen LogP contribution is 2.29. The van der Waals surface area contributed by atoms with Crippen LogP contribution in [0.4, 0.5) is 5.69 Å². The zero-order chi connectivity index (χ0) is 17.1. The average molecular weight is 342 g/mol. The van der Waals surface area contributed by atoms with Crippen molar-refractivity contribution in [3.63, 3.8) is 0 Å². The number of thiophene rings is 1. The Morgan fingerprint density at radius 3 is 2.88 bits per heavy atom. The van der Waals surface area contributed by atoms with Crippen molar-refractivity contribution in [2.45, 2.75) is 26.7 Å². The summed E-state index contributed by atoms with van der Waals surface area (Å²) < 4.78 is 0. The van der Waals surface area contributed by atoms with E-state index in [0.29, 0.717) is 13.1 Å². The van der Waals surface area contributed by atoms with Crippen molar-refractivity contribution in [2.75, 3.05) is 18.0 Å². The first-order valence-electron chi connectivity index (χ1n) is 8.23. The molecule has 1 N–H and O–H groups in total. The Morgan fingerprint density at radius 1 is 1.29 bits per heavy atom. The molecule has 5 heteroatoms. The summed E-state index contributed by atoms with van der Waals surface area (Å²) in [5.74, 6) is -0.254. The molecule has 1 aromatic heterocycles. The Kier molecular flexibility index (Phi) is 5.00. The number of carbonyl (C=O) groups is 2. The number of hydrogen-bond acceptors (Lipinski definition) is 3. The lowest BCUT2D eigenvalue weighted by molar-refractivity contribution is -0.126. The third-order valence-electron chi connectivity index (χ3n) is 4.61. The number of rotatable bonds is 5. The monoisotopic (exact) mass is 342 g/mol. The van der Waals surface area contributed by atoms with Gasteiger partial charge in [0.1, 0.15) is 0 Å². The number of hydrogen-bond donors (Lipinski definition) is 1. The number of benzene rings is 1. The Morgan fingerprint density at radius 2 is 2.12 bits per heavy atom. The molecule has 4 nitrogen and oxygen atoms in total. The normalized spacial score (nSPS) is 17.3. The van der Waals surface area contributed by atoms with E-state index in [0.717, 1.165) is 23.2 Å². The first kappa shape index (κ1) is 16.7. The van der Waals surface area contributed by atoms with E-state index in [1.54, 1.807) is 16.2 Å². The van der Waals surface area contributed by atoms with Gasteiger partial charge in [-0.2, -0.15) is 0 Å². The topological polar surface area (TPSA) is 49.4 Å². The van der Waals surface area contributed by atoms with Crippen LogP contribution in [0.3, 0.4) is 0 Å². The van der Waals surface area contributed by atoms with Crippen LogP contribution in [0.2, 0.25) is 0 Å². The largest absolute Gasteiger partial charge is 0.355 e. The zero-order valence-electron chi connectivity index (χ0n) is 14.0. The Bertz CT molecular complexity index is 740. The number of carbonyl (C=O) groups excluding carboxylic acids is 2. The molecule has 2 heterocycles. The van der Waals surface area contributed by atoms with Gasteiger partial charge in [-0.05, 0) is 48.9 Å². The van der Waals surface area contributed by atoms with Gasteiger partial charge in [-0.3, -0.25) is 9.59 Å². The predicted molar refractivity (Wildman–Crippen MR) is 97.4 cm³/mol. The van der Waals surface area contributed by atoms with Crippen LogP contribution < -0.4 is 10.2 Å². The van der Waals surface area contributed by atoms with Crippen LogP contribution in [-0.4, -0.2) is 24.9 Å². The van der Waals surface area contributed by atoms with Gasteiger partial charge in [0.25, 0.3) is 0 Å². The van der Waals surface area contributed by atoms with Gasteiger partial charge < -0.3 is 10.2 Å². The van der Waals surface area contributed by atoms with Crippen molar-refractivity contribution in [1.29, 1.82) is 0 Å². The second-order valence-electron chi connectivity index (χ2n) is 6.24. The summed E-state index contributed by atoms with van der Waals surface area (Å²) in [6.07, 6.45) is 1.13. The van der Waals surface area contributed by atoms with E-state index < -0.39 is 0 Å². The molecule has 2 aromatic rings. The molecule has 0 aliphatic carbocycles. The van der Waals surface area contributed by atoms with Gasteiger partial charge in [0.2, 0.25) is 11.8 Å². The van der Waals surface area contributed by atoms with Gasteiger partial charge in [-0.25, -0.2) is 0 Å². The lowest BCUT2D eigenvalue weighted by Gasteiger charge is -2.20. The first-order valence-corrected chi connectivity index (χ1v) is 9.11. The van der Waals surface area contributed by atoms with Crippen LogP contribution in [0.25, 0.3) is 0 Å². The Labute approximate surface area is 146 Å². The van der Waals surface area contributed by atoms with Crippen LogP contribution in [0, 0.1) is 19.8 Å². The van der Waals surface area contributed by atoms with Crippen LogP contribution in [0.5, 0.6) is 0 Å². The summed E-state index contributed by atoms with van der Waals surface area (Å²) in [5.41, 5.74) is 3.18. The maximum Gasteiger partial charge on any atom is 0.227 e. The van der Waals surface area contributed by atoms with Gasteiger partial charge in [-0.1, -0.05) is 18.2 Å². The first-order chi connectivity index (χ1) is 11.6. The molecule has 1 unspecified atom stereocenters. The number of nitrogens with zero attached hydrogens (tertiary/aromatic N) is 1. The summed E-state index contributed by atoms with van der Waals surface area (Å²) in [7, 11) is 0. The zero-order valence-corrected chi connectivity index (χ0v) is 14.9. The van der Waals surface area contributed by atoms with Crippen molar-refractivity contribution in [2.24, 2.45) is 5.92 Å². The fourth-order valence-electron chi connectivity index (χ4n) is 3.05. The summed E-state index contributed by atoms with van der Waals surface area (Å²) in [6, 6.07) is 10.0. The predicted octanol–water partition coefficient (Wildman–Crippen LogP) is 3.08. The number of nitrogens with one attached hydrogen (secondary N) is 1. The molecule has 1 fully saturated rings. The van der Waals surface area contributed by atoms with E-state index in [4.69, 9.17) is 0 Å². The minimum Gasteiger partial charge on any atom is -0.355 e. The van der Waals surface area contributed by atoms with Gasteiger partial charge in [0, 0.05) is 30.1 Å². The highest BCUT2D eigenvalue weighted by atomic mass is 32.1. The van der Waals surface area contributed by atoms with Crippen molar-refractivity contribution >= 4 is 28.8 Å². The molecular weight excluding hydrogens is 320 g/mol. The van der Waals surface area contributed by atoms with E-state index in [1.807, 2.05) is 43.5 Å². The molecule has 1 atom stereocenters. The minimum absolute atomic E-state index is 0.0206. The van der Waals surface area contributed by atoms with Crippen LogP contribution in [-0.2, 0) is 16.0 Å². The van der Waals surface area contributed by atoms with Crippen LogP contribution in [0.15, 0.2) is 35.7 Å². The van der Waals surface area contributed by atoms with E-state index in [-0.39, 0.29) is 24.2 Å². The molecule has 3 rings (SSSR count). The second-order valence-corrected chi connectivity index (χ2v) is 7.28. The number of anilines is 1. The second kappa shape index (κ2) is 7.18. The van der Waals surface area contributed by atoms with Gasteiger partial charge in [-0.15, -0.1) is 11.3 Å². The van der Waals surface area contributed by atoms with Crippen LogP contribution in [0.1, 0.15) is 22.4 Å². The van der Waals surface area contributed by atoms with Gasteiger partial charge in [0.15, 0.2) is 0 Å². The third-order valence-corrected chi connectivity index (χ3v) is 5.55. The Hall–Kier alpha value is -2.14. The minimum atomic E-state index is -0.263. The van der Waals surface area contributed by atoms with E-state index in [1.165, 1.54) is 4.88 Å². The van der Waals surface area contributed by atoms with Crippen LogP contribution >= 0.6 is 11.3 Å². The molecule has 0 saturated carbocycles. The lowest BCUT2D eigenvalue weighted by atomic mass is 10.1.